The molecule has 0 aliphatic rings. The third-order valence-corrected chi connectivity index (χ3v) is 3.43. The monoisotopic (exact) mass is 254 g/mol. The van der Waals surface area contributed by atoms with Crippen LogP contribution in [0.5, 0.6) is 0 Å². The average Bonchev–Trinajstić information content (AvgIpc) is 2.41. The van der Waals surface area contributed by atoms with Crippen LogP contribution in [0, 0.1) is 6.92 Å². The first-order valence-corrected chi connectivity index (χ1v) is 6.86. The molecule has 0 amide bonds. The Labute approximate surface area is 115 Å². The third-order valence-electron chi connectivity index (χ3n) is 3.43. The van der Waals surface area contributed by atoms with Crippen molar-refractivity contribution in [1.29, 1.82) is 0 Å². The molecule has 2 nitrogen and oxygen atoms in total. The first-order chi connectivity index (χ1) is 9.16. The van der Waals surface area contributed by atoms with Gasteiger partial charge in [0.1, 0.15) is 0 Å². The molecule has 0 aliphatic carbocycles. The van der Waals surface area contributed by atoms with Crippen LogP contribution in [-0.2, 0) is 13.1 Å². The number of nitrogens with one attached hydrogen (secondary N) is 1. The molecule has 2 rings (SSSR count). The van der Waals surface area contributed by atoms with Crippen molar-refractivity contribution in [3.05, 3.63) is 65.0 Å². The molecule has 0 unspecified atom stereocenters. The lowest BCUT2D eigenvalue weighted by molar-refractivity contribution is 0.689. The minimum Gasteiger partial charge on any atom is -0.309 e. The zero-order valence-electron chi connectivity index (χ0n) is 12.0. The first-order valence-electron chi connectivity index (χ1n) is 6.86. The summed E-state index contributed by atoms with van der Waals surface area (Å²) in [6.45, 7) is 8.33. The van der Waals surface area contributed by atoms with Gasteiger partial charge in [-0.3, -0.25) is 4.98 Å². The number of hydrogen-bond donors (Lipinski definition) is 1. The summed E-state index contributed by atoms with van der Waals surface area (Å²) in [4.78, 5) is 4.11. The lowest BCUT2D eigenvalue weighted by atomic mass is 10.0. The number of aryl methyl sites for hydroxylation is 1. The minimum absolute atomic E-state index is 0.599. The smallest absolute Gasteiger partial charge is 0.0300 e. The van der Waals surface area contributed by atoms with Gasteiger partial charge in [0, 0.05) is 25.5 Å². The van der Waals surface area contributed by atoms with Gasteiger partial charge in [-0.15, -0.1) is 0 Å². The van der Waals surface area contributed by atoms with Crippen LogP contribution in [-0.4, -0.2) is 4.98 Å². The van der Waals surface area contributed by atoms with Crippen LogP contribution in [0.2, 0.25) is 0 Å². The zero-order chi connectivity index (χ0) is 13.7. The highest BCUT2D eigenvalue weighted by atomic mass is 14.8. The molecule has 0 fully saturated rings. The summed E-state index contributed by atoms with van der Waals surface area (Å²) in [6.07, 6.45) is 3.76. The summed E-state index contributed by atoms with van der Waals surface area (Å²) in [5, 5.41) is 3.48. The van der Waals surface area contributed by atoms with Gasteiger partial charge >= 0.3 is 0 Å². The Morgan fingerprint density at radius 2 is 1.79 bits per heavy atom. The minimum atomic E-state index is 0.599. The van der Waals surface area contributed by atoms with Crippen molar-refractivity contribution in [2.24, 2.45) is 0 Å². The molecule has 1 aromatic carbocycles. The van der Waals surface area contributed by atoms with Crippen molar-refractivity contribution in [2.45, 2.75) is 39.8 Å². The predicted molar refractivity (Wildman–Crippen MR) is 80.0 cm³/mol. The van der Waals surface area contributed by atoms with E-state index in [2.05, 4.69) is 61.4 Å². The van der Waals surface area contributed by atoms with Crippen LogP contribution in [0.3, 0.4) is 0 Å². The highest BCUT2D eigenvalue weighted by Crippen LogP contribution is 2.14. The van der Waals surface area contributed by atoms with Crippen molar-refractivity contribution in [2.75, 3.05) is 0 Å². The van der Waals surface area contributed by atoms with E-state index in [0.717, 1.165) is 13.1 Å². The standard InChI is InChI=1S/C17H22N2/c1-13(2)16-6-4-15(5-7-16)11-19-12-17-8-9-18-10-14(17)3/h4-10,13,19H,11-12H2,1-3H3. The van der Waals surface area contributed by atoms with Gasteiger partial charge in [0.2, 0.25) is 0 Å². The van der Waals surface area contributed by atoms with Crippen LogP contribution < -0.4 is 5.32 Å². The molecule has 1 N–H and O–H groups in total. The second kappa shape index (κ2) is 6.48. The Hall–Kier alpha value is -1.67. The maximum absolute atomic E-state index is 4.11. The number of rotatable bonds is 5. The molecule has 100 valence electrons. The topological polar surface area (TPSA) is 24.9 Å². The van der Waals surface area contributed by atoms with Crippen molar-refractivity contribution >= 4 is 0 Å². The fraction of sp³-hybridized carbons (Fsp3) is 0.353. The van der Waals surface area contributed by atoms with E-state index in [1.54, 1.807) is 0 Å². The van der Waals surface area contributed by atoms with Gasteiger partial charge in [-0.2, -0.15) is 0 Å². The van der Waals surface area contributed by atoms with E-state index < -0.39 is 0 Å². The number of benzene rings is 1. The van der Waals surface area contributed by atoms with Crippen LogP contribution in [0.15, 0.2) is 42.7 Å². The molecular weight excluding hydrogens is 232 g/mol. The molecule has 1 heterocycles. The molecule has 0 spiro atoms. The summed E-state index contributed by atoms with van der Waals surface area (Å²) < 4.78 is 0. The van der Waals surface area contributed by atoms with Gasteiger partial charge in [0.25, 0.3) is 0 Å². The molecule has 0 saturated carbocycles. The van der Waals surface area contributed by atoms with Crippen LogP contribution in [0.1, 0.15) is 42.0 Å². The maximum Gasteiger partial charge on any atom is 0.0300 e. The van der Waals surface area contributed by atoms with E-state index in [-0.39, 0.29) is 0 Å². The Morgan fingerprint density at radius 3 is 2.42 bits per heavy atom. The number of pyridine rings is 1. The second-order valence-corrected chi connectivity index (χ2v) is 5.30. The summed E-state index contributed by atoms with van der Waals surface area (Å²) in [5.41, 5.74) is 5.28. The SMILES string of the molecule is Cc1cnccc1CNCc1ccc(C(C)C)cc1. The lowest BCUT2D eigenvalue weighted by Crippen LogP contribution is -2.13. The summed E-state index contributed by atoms with van der Waals surface area (Å²) in [6, 6.07) is 10.9. The van der Waals surface area contributed by atoms with E-state index in [0.29, 0.717) is 5.92 Å². The number of hydrogen-bond acceptors (Lipinski definition) is 2. The Morgan fingerprint density at radius 1 is 1.05 bits per heavy atom. The Kier molecular flexibility index (Phi) is 4.69. The van der Waals surface area contributed by atoms with E-state index in [9.17, 15) is 0 Å². The molecule has 1 aromatic heterocycles. The Bertz CT molecular complexity index is 515. The predicted octanol–water partition coefficient (Wildman–Crippen LogP) is 3.80. The quantitative estimate of drug-likeness (QED) is 0.877. The summed E-state index contributed by atoms with van der Waals surface area (Å²) in [5.74, 6) is 0.599. The highest BCUT2D eigenvalue weighted by molar-refractivity contribution is 5.25. The molecule has 2 aromatic rings. The molecule has 0 radical (unpaired) electrons. The van der Waals surface area contributed by atoms with Gasteiger partial charge < -0.3 is 5.32 Å². The fourth-order valence-corrected chi connectivity index (χ4v) is 2.06. The lowest BCUT2D eigenvalue weighted by Gasteiger charge is -2.09. The van der Waals surface area contributed by atoms with Crippen LogP contribution in [0.25, 0.3) is 0 Å². The normalized spacial score (nSPS) is 10.9. The van der Waals surface area contributed by atoms with E-state index in [1.807, 2.05) is 12.4 Å². The van der Waals surface area contributed by atoms with E-state index >= 15 is 0 Å². The van der Waals surface area contributed by atoms with Gasteiger partial charge in [-0.25, -0.2) is 0 Å². The molecule has 19 heavy (non-hydrogen) atoms. The first kappa shape index (κ1) is 13.8. The third kappa shape index (κ3) is 3.90. The fourth-order valence-electron chi connectivity index (χ4n) is 2.06. The Balaban J connectivity index is 1.87. The number of nitrogens with zero attached hydrogens (tertiary/aromatic N) is 1. The van der Waals surface area contributed by atoms with Gasteiger partial charge in [0.05, 0.1) is 0 Å². The van der Waals surface area contributed by atoms with Crippen molar-refractivity contribution < 1.29 is 0 Å². The van der Waals surface area contributed by atoms with E-state index in [4.69, 9.17) is 0 Å². The van der Waals surface area contributed by atoms with Crippen LogP contribution >= 0.6 is 0 Å². The van der Waals surface area contributed by atoms with Crippen molar-refractivity contribution in [1.82, 2.24) is 10.3 Å². The van der Waals surface area contributed by atoms with Crippen molar-refractivity contribution in [3.8, 4) is 0 Å². The second-order valence-electron chi connectivity index (χ2n) is 5.30. The molecular formula is C17H22N2. The zero-order valence-corrected chi connectivity index (χ0v) is 12.0. The molecule has 0 atom stereocenters. The highest BCUT2D eigenvalue weighted by Gasteiger charge is 2.00. The van der Waals surface area contributed by atoms with Gasteiger partial charge in [-0.05, 0) is 41.2 Å². The molecule has 2 heteroatoms. The number of aromatic nitrogens is 1. The van der Waals surface area contributed by atoms with E-state index in [1.165, 1.54) is 22.3 Å². The maximum atomic E-state index is 4.11. The summed E-state index contributed by atoms with van der Waals surface area (Å²) in [7, 11) is 0. The summed E-state index contributed by atoms with van der Waals surface area (Å²) >= 11 is 0. The largest absolute Gasteiger partial charge is 0.309 e. The van der Waals surface area contributed by atoms with Gasteiger partial charge in [0.15, 0.2) is 0 Å². The molecule has 0 aliphatic heterocycles. The van der Waals surface area contributed by atoms with Crippen molar-refractivity contribution in [3.63, 3.8) is 0 Å². The molecule has 0 saturated heterocycles. The average molecular weight is 254 g/mol. The van der Waals surface area contributed by atoms with Crippen LogP contribution in [0.4, 0.5) is 0 Å². The van der Waals surface area contributed by atoms with Gasteiger partial charge in [-0.1, -0.05) is 38.1 Å². The molecule has 0 bridgehead atoms.